The van der Waals surface area contributed by atoms with Crippen LogP contribution in [0.2, 0.25) is 0 Å². The normalized spacial score (nSPS) is 10.5. The number of halogens is 2. The summed E-state index contributed by atoms with van der Waals surface area (Å²) in [5.41, 5.74) is 0.643. The summed E-state index contributed by atoms with van der Waals surface area (Å²) in [5, 5.41) is 12.8. The molecule has 2 amide bonds. The Bertz CT molecular complexity index is 979. The zero-order valence-corrected chi connectivity index (χ0v) is 15.1. The van der Waals surface area contributed by atoms with Crippen LogP contribution in [0.4, 0.5) is 14.5 Å². The predicted octanol–water partition coefficient (Wildman–Crippen LogP) is 3.01. The first-order chi connectivity index (χ1) is 13.5. The van der Waals surface area contributed by atoms with Gasteiger partial charge in [-0.1, -0.05) is 17.8 Å². The molecule has 1 heterocycles. The molecule has 144 valence electrons. The minimum atomic E-state index is -0.449. The molecular weight excluding hydrogens is 390 g/mol. The summed E-state index contributed by atoms with van der Waals surface area (Å²) < 4.78 is 31.3. The maximum atomic E-state index is 13.1. The van der Waals surface area contributed by atoms with Gasteiger partial charge in [0.1, 0.15) is 11.6 Å². The second-order valence-corrected chi connectivity index (χ2v) is 6.43. The summed E-state index contributed by atoms with van der Waals surface area (Å²) in [7, 11) is 0. The van der Waals surface area contributed by atoms with Crippen molar-refractivity contribution in [1.82, 2.24) is 15.5 Å². The van der Waals surface area contributed by atoms with Gasteiger partial charge in [0.2, 0.25) is 11.8 Å². The Hall–Kier alpha value is -3.27. The van der Waals surface area contributed by atoms with Gasteiger partial charge in [-0.15, -0.1) is 10.2 Å². The fraction of sp³-hybridized carbons (Fsp3) is 0.111. The van der Waals surface area contributed by atoms with Gasteiger partial charge in [-0.25, -0.2) is 8.78 Å². The molecule has 0 aliphatic heterocycles. The van der Waals surface area contributed by atoms with E-state index in [1.54, 1.807) is 6.07 Å². The lowest BCUT2D eigenvalue weighted by Gasteiger charge is -2.03. The molecule has 0 saturated carbocycles. The van der Waals surface area contributed by atoms with E-state index in [4.69, 9.17) is 4.42 Å². The van der Waals surface area contributed by atoms with E-state index in [9.17, 15) is 18.4 Å². The van der Waals surface area contributed by atoms with E-state index < -0.39 is 17.5 Å². The summed E-state index contributed by atoms with van der Waals surface area (Å²) in [6.45, 7) is -0.0146. The molecule has 0 fully saturated rings. The van der Waals surface area contributed by atoms with Crippen LogP contribution in [0.15, 0.2) is 58.2 Å². The van der Waals surface area contributed by atoms with Crippen molar-refractivity contribution < 1.29 is 22.8 Å². The minimum Gasteiger partial charge on any atom is -0.414 e. The van der Waals surface area contributed by atoms with Crippen LogP contribution in [0.5, 0.6) is 0 Å². The Morgan fingerprint density at radius 1 is 1.04 bits per heavy atom. The van der Waals surface area contributed by atoms with Crippen molar-refractivity contribution in [2.45, 2.75) is 11.8 Å². The van der Waals surface area contributed by atoms with Crippen LogP contribution in [-0.2, 0) is 11.3 Å². The van der Waals surface area contributed by atoms with E-state index in [1.807, 2.05) is 0 Å². The molecule has 0 aliphatic carbocycles. The molecule has 3 rings (SSSR count). The van der Waals surface area contributed by atoms with Crippen molar-refractivity contribution in [2.75, 3.05) is 11.1 Å². The summed E-state index contributed by atoms with van der Waals surface area (Å²) in [5.74, 6) is -1.52. The number of benzene rings is 2. The smallest absolute Gasteiger partial charge is 0.277 e. The van der Waals surface area contributed by atoms with Crippen LogP contribution < -0.4 is 10.6 Å². The Balaban J connectivity index is 1.45. The Kier molecular flexibility index (Phi) is 6.33. The van der Waals surface area contributed by atoms with Gasteiger partial charge in [0, 0.05) is 11.3 Å². The van der Waals surface area contributed by atoms with Crippen LogP contribution in [0.3, 0.4) is 0 Å². The van der Waals surface area contributed by atoms with E-state index in [0.29, 0.717) is 11.3 Å². The van der Waals surface area contributed by atoms with Gasteiger partial charge in [-0.3, -0.25) is 9.59 Å². The van der Waals surface area contributed by atoms with Crippen molar-refractivity contribution in [3.63, 3.8) is 0 Å². The average molecular weight is 404 g/mol. The molecule has 0 saturated heterocycles. The molecule has 0 atom stereocenters. The van der Waals surface area contributed by atoms with Gasteiger partial charge in [0.15, 0.2) is 0 Å². The van der Waals surface area contributed by atoms with E-state index in [0.717, 1.165) is 11.8 Å². The third kappa shape index (κ3) is 5.61. The van der Waals surface area contributed by atoms with E-state index in [-0.39, 0.29) is 29.3 Å². The number of nitrogens with zero attached hydrogens (tertiary/aromatic N) is 2. The maximum Gasteiger partial charge on any atom is 0.277 e. The molecule has 28 heavy (non-hydrogen) atoms. The molecule has 10 heteroatoms. The Labute approximate surface area is 162 Å². The van der Waals surface area contributed by atoms with E-state index in [1.165, 1.54) is 42.5 Å². The van der Waals surface area contributed by atoms with Crippen molar-refractivity contribution >= 4 is 29.3 Å². The molecular formula is C18H14F2N4O3S. The van der Waals surface area contributed by atoms with Crippen molar-refractivity contribution in [3.05, 3.63) is 71.6 Å². The van der Waals surface area contributed by atoms with E-state index in [2.05, 4.69) is 20.8 Å². The highest BCUT2D eigenvalue weighted by Gasteiger charge is 2.12. The highest BCUT2D eigenvalue weighted by Crippen LogP contribution is 2.17. The molecule has 3 aromatic rings. The number of anilines is 1. The highest BCUT2D eigenvalue weighted by molar-refractivity contribution is 7.99. The standard InChI is InChI=1S/C18H14F2N4O3S/c19-12-6-4-11(5-7-12)17(26)21-9-16-23-24-18(27-16)28-10-15(25)22-14-3-1-2-13(20)8-14/h1-8H,9-10H2,(H,21,26)(H,22,25). The van der Waals surface area contributed by atoms with Gasteiger partial charge >= 0.3 is 0 Å². The number of aromatic nitrogens is 2. The van der Waals surface area contributed by atoms with Gasteiger partial charge in [0.05, 0.1) is 12.3 Å². The van der Waals surface area contributed by atoms with Gasteiger partial charge in [-0.05, 0) is 42.5 Å². The van der Waals surface area contributed by atoms with Crippen LogP contribution in [-0.4, -0.2) is 27.8 Å². The number of nitrogens with one attached hydrogen (secondary N) is 2. The lowest BCUT2D eigenvalue weighted by Crippen LogP contribution is -2.22. The molecule has 0 unspecified atom stereocenters. The van der Waals surface area contributed by atoms with Crippen LogP contribution in [0.25, 0.3) is 0 Å². The first-order valence-electron chi connectivity index (χ1n) is 8.04. The zero-order chi connectivity index (χ0) is 19.9. The fourth-order valence-corrected chi connectivity index (χ4v) is 2.70. The summed E-state index contributed by atoms with van der Waals surface area (Å²) >= 11 is 1.00. The molecule has 0 radical (unpaired) electrons. The number of amides is 2. The van der Waals surface area contributed by atoms with Crippen molar-refractivity contribution in [1.29, 1.82) is 0 Å². The molecule has 7 nitrogen and oxygen atoms in total. The predicted molar refractivity (Wildman–Crippen MR) is 97.6 cm³/mol. The molecule has 2 N–H and O–H groups in total. The van der Waals surface area contributed by atoms with Crippen LogP contribution >= 0.6 is 11.8 Å². The zero-order valence-electron chi connectivity index (χ0n) is 14.3. The first kappa shape index (κ1) is 19.5. The van der Waals surface area contributed by atoms with Crippen molar-refractivity contribution in [3.8, 4) is 0 Å². The lowest BCUT2D eigenvalue weighted by atomic mass is 10.2. The average Bonchev–Trinajstić information content (AvgIpc) is 3.13. The number of hydrogen-bond donors (Lipinski definition) is 2. The Morgan fingerprint density at radius 3 is 2.57 bits per heavy atom. The summed E-state index contributed by atoms with van der Waals surface area (Å²) in [6.07, 6.45) is 0. The molecule has 0 bridgehead atoms. The first-order valence-corrected chi connectivity index (χ1v) is 9.02. The van der Waals surface area contributed by atoms with Crippen LogP contribution in [0.1, 0.15) is 16.2 Å². The second-order valence-electron chi connectivity index (χ2n) is 5.50. The molecule has 0 aliphatic rings. The number of carbonyl (C=O) groups is 2. The van der Waals surface area contributed by atoms with Gasteiger partial charge < -0.3 is 15.1 Å². The fourth-order valence-electron chi connectivity index (χ4n) is 2.12. The molecule has 0 spiro atoms. The molecule has 2 aromatic carbocycles. The maximum absolute atomic E-state index is 13.1. The summed E-state index contributed by atoms with van der Waals surface area (Å²) in [6, 6.07) is 10.6. The number of carbonyl (C=O) groups excluding carboxylic acids is 2. The van der Waals surface area contributed by atoms with Gasteiger partial charge in [-0.2, -0.15) is 0 Å². The Morgan fingerprint density at radius 2 is 1.82 bits per heavy atom. The summed E-state index contributed by atoms with van der Waals surface area (Å²) in [4.78, 5) is 23.8. The topological polar surface area (TPSA) is 97.1 Å². The highest BCUT2D eigenvalue weighted by atomic mass is 32.2. The number of hydrogen-bond acceptors (Lipinski definition) is 6. The minimum absolute atomic E-state index is 0.0138. The number of rotatable bonds is 7. The molecule has 1 aromatic heterocycles. The monoisotopic (exact) mass is 404 g/mol. The largest absolute Gasteiger partial charge is 0.414 e. The SMILES string of the molecule is O=C(CSc1nnc(CNC(=O)c2ccc(F)cc2)o1)Nc1cccc(F)c1. The third-order valence-corrected chi connectivity index (χ3v) is 4.21. The quantitative estimate of drug-likeness (QED) is 0.588. The van der Waals surface area contributed by atoms with E-state index >= 15 is 0 Å². The van der Waals surface area contributed by atoms with Gasteiger partial charge in [0.25, 0.3) is 11.1 Å². The third-order valence-electron chi connectivity index (χ3n) is 3.39. The second kappa shape index (κ2) is 9.09. The van der Waals surface area contributed by atoms with Crippen LogP contribution in [0, 0.1) is 11.6 Å². The lowest BCUT2D eigenvalue weighted by molar-refractivity contribution is -0.113. The number of thioether (sulfide) groups is 1. The van der Waals surface area contributed by atoms with Crippen molar-refractivity contribution in [2.24, 2.45) is 0 Å².